The maximum Gasteiger partial charge on any atom is 0.220 e. The van der Waals surface area contributed by atoms with Gasteiger partial charge in [-0.1, -0.05) is 0 Å². The SMILES string of the molecule is CCNC(=O)CCCOC1OC(C)C(O)C(O)C1O. The fraction of sp³-hybridized carbons (Fsp3) is 0.917. The Morgan fingerprint density at radius 2 is 1.95 bits per heavy atom. The van der Waals surface area contributed by atoms with Gasteiger partial charge >= 0.3 is 0 Å². The fourth-order valence-electron chi connectivity index (χ4n) is 1.87. The highest BCUT2D eigenvalue weighted by molar-refractivity contribution is 5.75. The van der Waals surface area contributed by atoms with E-state index in [0.29, 0.717) is 19.4 Å². The lowest BCUT2D eigenvalue weighted by molar-refractivity contribution is -0.293. The third-order valence-electron chi connectivity index (χ3n) is 3.01. The Labute approximate surface area is 112 Å². The molecule has 0 aromatic heterocycles. The van der Waals surface area contributed by atoms with Crippen molar-refractivity contribution in [3.05, 3.63) is 0 Å². The second-order valence-electron chi connectivity index (χ2n) is 4.61. The molecular formula is C12H23NO6. The van der Waals surface area contributed by atoms with Gasteiger partial charge in [0.1, 0.15) is 18.3 Å². The lowest BCUT2D eigenvalue weighted by Gasteiger charge is -2.38. The van der Waals surface area contributed by atoms with Crippen LogP contribution in [0, 0.1) is 0 Å². The summed E-state index contributed by atoms with van der Waals surface area (Å²) in [7, 11) is 0. The van der Waals surface area contributed by atoms with Gasteiger partial charge in [-0.05, 0) is 20.3 Å². The molecular weight excluding hydrogens is 254 g/mol. The van der Waals surface area contributed by atoms with E-state index < -0.39 is 30.7 Å². The third kappa shape index (κ3) is 4.70. The van der Waals surface area contributed by atoms with Gasteiger partial charge in [0.05, 0.1) is 12.7 Å². The van der Waals surface area contributed by atoms with Crippen molar-refractivity contribution in [1.82, 2.24) is 5.32 Å². The number of amides is 1. The van der Waals surface area contributed by atoms with Gasteiger partial charge in [0.25, 0.3) is 0 Å². The Morgan fingerprint density at radius 1 is 1.26 bits per heavy atom. The van der Waals surface area contributed by atoms with Crippen LogP contribution >= 0.6 is 0 Å². The molecule has 0 aliphatic carbocycles. The normalized spacial score (nSPS) is 35.1. The maximum atomic E-state index is 11.2. The Kier molecular flexibility index (Phi) is 6.67. The number of hydrogen-bond donors (Lipinski definition) is 4. The van der Waals surface area contributed by atoms with Crippen molar-refractivity contribution in [1.29, 1.82) is 0 Å². The molecule has 5 atom stereocenters. The highest BCUT2D eigenvalue weighted by Gasteiger charge is 2.42. The topological polar surface area (TPSA) is 108 Å². The quantitative estimate of drug-likeness (QED) is 0.452. The lowest BCUT2D eigenvalue weighted by atomic mass is 10.0. The molecule has 0 spiro atoms. The van der Waals surface area contributed by atoms with Crippen molar-refractivity contribution in [2.75, 3.05) is 13.2 Å². The second-order valence-corrected chi connectivity index (χ2v) is 4.61. The number of ether oxygens (including phenoxy) is 2. The molecule has 0 bridgehead atoms. The van der Waals surface area contributed by atoms with Crippen LogP contribution in [0.2, 0.25) is 0 Å². The Balaban J connectivity index is 2.27. The van der Waals surface area contributed by atoms with Crippen LogP contribution in [-0.2, 0) is 14.3 Å². The predicted octanol–water partition coefficient (Wildman–Crippen LogP) is -1.25. The molecule has 0 saturated carbocycles. The minimum Gasteiger partial charge on any atom is -0.388 e. The fourth-order valence-corrected chi connectivity index (χ4v) is 1.87. The zero-order valence-corrected chi connectivity index (χ0v) is 11.3. The summed E-state index contributed by atoms with van der Waals surface area (Å²) in [4.78, 5) is 11.2. The summed E-state index contributed by atoms with van der Waals surface area (Å²) in [6.45, 7) is 4.25. The van der Waals surface area contributed by atoms with Crippen molar-refractivity contribution in [3.63, 3.8) is 0 Å². The number of aliphatic hydroxyl groups excluding tert-OH is 3. The summed E-state index contributed by atoms with van der Waals surface area (Å²) in [6.07, 6.45) is -4.50. The summed E-state index contributed by atoms with van der Waals surface area (Å²) in [5, 5.41) is 31.4. The van der Waals surface area contributed by atoms with E-state index in [1.807, 2.05) is 6.92 Å². The monoisotopic (exact) mass is 277 g/mol. The second kappa shape index (κ2) is 7.76. The Morgan fingerprint density at radius 3 is 2.58 bits per heavy atom. The van der Waals surface area contributed by atoms with E-state index in [2.05, 4.69) is 5.32 Å². The maximum absolute atomic E-state index is 11.2. The molecule has 1 amide bonds. The zero-order valence-electron chi connectivity index (χ0n) is 11.3. The number of hydrogen-bond acceptors (Lipinski definition) is 6. The van der Waals surface area contributed by atoms with Crippen molar-refractivity contribution >= 4 is 5.91 Å². The van der Waals surface area contributed by atoms with Crippen LogP contribution in [0.25, 0.3) is 0 Å². The molecule has 4 N–H and O–H groups in total. The lowest BCUT2D eigenvalue weighted by Crippen LogP contribution is -2.57. The molecule has 1 heterocycles. The minimum absolute atomic E-state index is 0.0555. The molecule has 1 fully saturated rings. The van der Waals surface area contributed by atoms with E-state index in [0.717, 1.165) is 0 Å². The van der Waals surface area contributed by atoms with E-state index in [9.17, 15) is 20.1 Å². The van der Waals surface area contributed by atoms with Crippen LogP contribution in [0.15, 0.2) is 0 Å². The van der Waals surface area contributed by atoms with Gasteiger partial charge in [0.15, 0.2) is 6.29 Å². The summed E-state index contributed by atoms with van der Waals surface area (Å²) in [6, 6.07) is 0. The smallest absolute Gasteiger partial charge is 0.220 e. The molecule has 1 rings (SSSR count). The van der Waals surface area contributed by atoms with E-state index >= 15 is 0 Å². The van der Waals surface area contributed by atoms with E-state index in [-0.39, 0.29) is 12.5 Å². The van der Waals surface area contributed by atoms with Crippen LogP contribution in [0.4, 0.5) is 0 Å². The van der Waals surface area contributed by atoms with Gasteiger partial charge in [0.2, 0.25) is 5.91 Å². The van der Waals surface area contributed by atoms with Gasteiger partial charge in [-0.25, -0.2) is 0 Å². The number of aliphatic hydroxyl groups is 3. The van der Waals surface area contributed by atoms with Gasteiger partial charge in [0, 0.05) is 13.0 Å². The zero-order chi connectivity index (χ0) is 14.4. The van der Waals surface area contributed by atoms with E-state index in [4.69, 9.17) is 9.47 Å². The number of rotatable bonds is 6. The summed E-state index contributed by atoms with van der Waals surface area (Å²) >= 11 is 0. The van der Waals surface area contributed by atoms with Crippen LogP contribution in [0.5, 0.6) is 0 Å². The molecule has 1 saturated heterocycles. The molecule has 0 aromatic rings. The number of nitrogens with one attached hydrogen (secondary N) is 1. The molecule has 5 unspecified atom stereocenters. The highest BCUT2D eigenvalue weighted by Crippen LogP contribution is 2.21. The van der Waals surface area contributed by atoms with Gasteiger partial charge in [-0.15, -0.1) is 0 Å². The molecule has 112 valence electrons. The Hall–Kier alpha value is -0.730. The van der Waals surface area contributed by atoms with Crippen LogP contribution in [0.3, 0.4) is 0 Å². The van der Waals surface area contributed by atoms with Crippen molar-refractivity contribution in [2.24, 2.45) is 0 Å². The minimum atomic E-state index is -1.30. The molecule has 1 aliphatic rings. The first-order chi connectivity index (χ1) is 8.97. The summed E-state index contributed by atoms with van der Waals surface area (Å²) in [5.74, 6) is -0.0555. The predicted molar refractivity (Wildman–Crippen MR) is 66.2 cm³/mol. The summed E-state index contributed by atoms with van der Waals surface area (Å²) < 4.78 is 10.5. The average Bonchev–Trinajstić information content (AvgIpc) is 2.38. The standard InChI is InChI=1S/C12H23NO6/c1-3-13-8(14)5-4-6-18-12-11(17)10(16)9(15)7(2)19-12/h7,9-12,15-17H,3-6H2,1-2H3,(H,13,14). The molecule has 0 radical (unpaired) electrons. The van der Waals surface area contributed by atoms with E-state index in [1.165, 1.54) is 0 Å². The summed E-state index contributed by atoms with van der Waals surface area (Å²) in [5.41, 5.74) is 0. The van der Waals surface area contributed by atoms with Crippen LogP contribution < -0.4 is 5.32 Å². The molecule has 0 aromatic carbocycles. The van der Waals surface area contributed by atoms with Crippen molar-refractivity contribution in [3.8, 4) is 0 Å². The molecule has 19 heavy (non-hydrogen) atoms. The number of carbonyl (C=O) groups is 1. The third-order valence-corrected chi connectivity index (χ3v) is 3.01. The van der Waals surface area contributed by atoms with E-state index in [1.54, 1.807) is 6.92 Å². The first kappa shape index (κ1) is 16.3. The van der Waals surface area contributed by atoms with Crippen LogP contribution in [0.1, 0.15) is 26.7 Å². The van der Waals surface area contributed by atoms with Crippen LogP contribution in [-0.4, -0.2) is 65.1 Å². The van der Waals surface area contributed by atoms with Gasteiger partial charge in [-0.3, -0.25) is 4.79 Å². The Bertz CT molecular complexity index is 287. The van der Waals surface area contributed by atoms with Gasteiger partial charge in [-0.2, -0.15) is 0 Å². The first-order valence-electron chi connectivity index (χ1n) is 6.55. The first-order valence-corrected chi connectivity index (χ1v) is 6.55. The highest BCUT2D eigenvalue weighted by atomic mass is 16.7. The van der Waals surface area contributed by atoms with Crippen molar-refractivity contribution < 1.29 is 29.6 Å². The average molecular weight is 277 g/mol. The molecule has 7 nitrogen and oxygen atoms in total. The largest absolute Gasteiger partial charge is 0.388 e. The number of carbonyl (C=O) groups excluding carboxylic acids is 1. The van der Waals surface area contributed by atoms with Gasteiger partial charge < -0.3 is 30.1 Å². The molecule has 1 aliphatic heterocycles. The molecule has 7 heteroatoms. The van der Waals surface area contributed by atoms with Crippen molar-refractivity contribution in [2.45, 2.75) is 57.4 Å².